The second kappa shape index (κ2) is 3.38. The van der Waals surface area contributed by atoms with E-state index in [1.165, 1.54) is 0 Å². The number of terminal acetylenes is 1. The second-order valence-corrected chi connectivity index (χ2v) is 3.09. The Hall–Kier alpha value is -1.33. The van der Waals surface area contributed by atoms with Crippen LogP contribution >= 0.6 is 0 Å². The van der Waals surface area contributed by atoms with E-state index in [4.69, 9.17) is 12.2 Å². The molecule has 2 heteroatoms. The molecule has 0 aliphatic carbocycles. The highest BCUT2D eigenvalue weighted by Crippen LogP contribution is 2.07. The fourth-order valence-corrected chi connectivity index (χ4v) is 0.976. The summed E-state index contributed by atoms with van der Waals surface area (Å²) < 4.78 is 0. The maximum absolute atomic E-state index is 5.79. The van der Waals surface area contributed by atoms with Crippen LogP contribution in [0.15, 0.2) is 24.5 Å². The Morgan fingerprint density at radius 2 is 2.17 bits per heavy atom. The molecule has 1 rings (SSSR count). The van der Waals surface area contributed by atoms with E-state index in [9.17, 15) is 0 Å². The predicted octanol–water partition coefficient (Wildman–Crippen LogP) is 0.975. The van der Waals surface area contributed by atoms with Gasteiger partial charge in [0.25, 0.3) is 0 Å². The van der Waals surface area contributed by atoms with E-state index in [0.29, 0.717) is 6.42 Å². The van der Waals surface area contributed by atoms with Gasteiger partial charge in [0.2, 0.25) is 0 Å². The third-order valence-electron chi connectivity index (χ3n) is 1.65. The molecule has 0 fully saturated rings. The zero-order chi connectivity index (χ0) is 9.03. The van der Waals surface area contributed by atoms with Crippen LogP contribution in [0.25, 0.3) is 0 Å². The van der Waals surface area contributed by atoms with Crippen LogP contribution in [-0.4, -0.2) is 10.5 Å². The van der Waals surface area contributed by atoms with Crippen LogP contribution in [-0.2, 0) is 6.42 Å². The van der Waals surface area contributed by atoms with Crippen LogP contribution < -0.4 is 5.73 Å². The quantitative estimate of drug-likeness (QED) is 0.655. The van der Waals surface area contributed by atoms with Gasteiger partial charge in [-0.3, -0.25) is 4.98 Å². The van der Waals surface area contributed by atoms with E-state index >= 15 is 0 Å². The molecular formula is C10H12N2. The summed E-state index contributed by atoms with van der Waals surface area (Å²) in [5, 5.41) is 0. The Bertz CT molecular complexity index is 282. The van der Waals surface area contributed by atoms with Crippen molar-refractivity contribution < 1.29 is 0 Å². The van der Waals surface area contributed by atoms with Crippen LogP contribution in [0.2, 0.25) is 0 Å². The summed E-state index contributed by atoms with van der Waals surface area (Å²) >= 11 is 0. The molecule has 0 aliphatic heterocycles. The van der Waals surface area contributed by atoms with Crippen molar-refractivity contribution in [1.82, 2.24) is 4.98 Å². The molecule has 1 heterocycles. The Morgan fingerprint density at radius 1 is 1.58 bits per heavy atom. The van der Waals surface area contributed by atoms with Crippen molar-refractivity contribution in [1.29, 1.82) is 0 Å². The van der Waals surface area contributed by atoms with Crippen LogP contribution in [0.1, 0.15) is 12.5 Å². The normalized spacial score (nSPS) is 14.8. The molecule has 0 aliphatic rings. The molecule has 1 atom stereocenters. The van der Waals surface area contributed by atoms with Crippen molar-refractivity contribution in [3.8, 4) is 12.3 Å². The molecule has 0 bridgehead atoms. The molecule has 62 valence electrons. The van der Waals surface area contributed by atoms with E-state index in [1.54, 1.807) is 12.4 Å². The third kappa shape index (κ3) is 2.37. The first-order valence-corrected chi connectivity index (χ1v) is 3.79. The number of nitrogens with two attached hydrogens (primary N) is 1. The van der Waals surface area contributed by atoms with Gasteiger partial charge in [-0.25, -0.2) is 0 Å². The molecular weight excluding hydrogens is 148 g/mol. The molecule has 12 heavy (non-hydrogen) atoms. The zero-order valence-corrected chi connectivity index (χ0v) is 7.12. The van der Waals surface area contributed by atoms with Crippen LogP contribution in [0.5, 0.6) is 0 Å². The number of rotatable bonds is 2. The first kappa shape index (κ1) is 8.76. The highest BCUT2D eigenvalue weighted by Gasteiger charge is 2.14. The Labute approximate surface area is 72.8 Å². The smallest absolute Gasteiger partial charge is 0.0785 e. The molecule has 0 aromatic carbocycles. The number of hydrogen-bond acceptors (Lipinski definition) is 2. The topological polar surface area (TPSA) is 38.9 Å². The molecule has 0 radical (unpaired) electrons. The highest BCUT2D eigenvalue weighted by atomic mass is 14.7. The summed E-state index contributed by atoms with van der Waals surface area (Å²) in [4.78, 5) is 3.91. The molecule has 1 aromatic rings. The second-order valence-electron chi connectivity index (χ2n) is 3.09. The molecule has 0 spiro atoms. The lowest BCUT2D eigenvalue weighted by molar-refractivity contribution is 0.604. The van der Waals surface area contributed by atoms with Crippen LogP contribution in [0, 0.1) is 12.3 Å². The fourth-order valence-electron chi connectivity index (χ4n) is 0.976. The number of pyridine rings is 1. The van der Waals surface area contributed by atoms with Crippen molar-refractivity contribution in [2.75, 3.05) is 0 Å². The lowest BCUT2D eigenvalue weighted by Gasteiger charge is -2.16. The average molecular weight is 160 g/mol. The minimum absolute atomic E-state index is 0.554. The molecule has 0 saturated carbocycles. The van der Waals surface area contributed by atoms with Gasteiger partial charge >= 0.3 is 0 Å². The van der Waals surface area contributed by atoms with E-state index in [2.05, 4.69) is 10.9 Å². The van der Waals surface area contributed by atoms with Crippen LogP contribution in [0.3, 0.4) is 0 Å². The number of aromatic nitrogens is 1. The largest absolute Gasteiger partial charge is 0.315 e. The molecule has 0 saturated heterocycles. The summed E-state index contributed by atoms with van der Waals surface area (Å²) in [6.45, 7) is 1.84. The molecule has 1 unspecified atom stereocenters. The van der Waals surface area contributed by atoms with Gasteiger partial charge in [-0.15, -0.1) is 6.42 Å². The van der Waals surface area contributed by atoms with E-state index in [-0.39, 0.29) is 0 Å². The SMILES string of the molecule is C#CC(C)(N)Cc1ccncc1. The van der Waals surface area contributed by atoms with Crippen LogP contribution in [0.4, 0.5) is 0 Å². The van der Waals surface area contributed by atoms with E-state index < -0.39 is 5.54 Å². The third-order valence-corrected chi connectivity index (χ3v) is 1.65. The average Bonchev–Trinajstić information content (AvgIpc) is 2.06. The van der Waals surface area contributed by atoms with Gasteiger partial charge in [-0.2, -0.15) is 0 Å². The summed E-state index contributed by atoms with van der Waals surface area (Å²) in [6.07, 6.45) is 9.43. The minimum atomic E-state index is -0.554. The Morgan fingerprint density at radius 3 is 2.67 bits per heavy atom. The lowest BCUT2D eigenvalue weighted by Crippen LogP contribution is -2.36. The first-order chi connectivity index (χ1) is 5.64. The van der Waals surface area contributed by atoms with Gasteiger partial charge in [-0.1, -0.05) is 5.92 Å². The van der Waals surface area contributed by atoms with Gasteiger partial charge in [0, 0.05) is 18.8 Å². The molecule has 2 N–H and O–H groups in total. The monoisotopic (exact) mass is 160 g/mol. The van der Waals surface area contributed by atoms with Gasteiger partial charge in [0.15, 0.2) is 0 Å². The summed E-state index contributed by atoms with van der Waals surface area (Å²) in [5.74, 6) is 2.55. The summed E-state index contributed by atoms with van der Waals surface area (Å²) in [7, 11) is 0. The Kier molecular flexibility index (Phi) is 2.47. The molecule has 2 nitrogen and oxygen atoms in total. The maximum Gasteiger partial charge on any atom is 0.0785 e. The molecule has 1 aromatic heterocycles. The van der Waals surface area contributed by atoms with Gasteiger partial charge in [0.1, 0.15) is 0 Å². The van der Waals surface area contributed by atoms with Crippen molar-refractivity contribution in [3.63, 3.8) is 0 Å². The van der Waals surface area contributed by atoms with Crippen molar-refractivity contribution >= 4 is 0 Å². The lowest BCUT2D eigenvalue weighted by atomic mass is 9.96. The van der Waals surface area contributed by atoms with Gasteiger partial charge in [-0.05, 0) is 24.6 Å². The highest BCUT2D eigenvalue weighted by molar-refractivity contribution is 5.20. The summed E-state index contributed by atoms with van der Waals surface area (Å²) in [6, 6.07) is 3.84. The maximum atomic E-state index is 5.79. The fraction of sp³-hybridized carbons (Fsp3) is 0.300. The summed E-state index contributed by atoms with van der Waals surface area (Å²) in [5.41, 5.74) is 6.36. The Balaban J connectivity index is 2.72. The van der Waals surface area contributed by atoms with E-state index in [0.717, 1.165) is 5.56 Å². The predicted molar refractivity (Wildman–Crippen MR) is 49.4 cm³/mol. The van der Waals surface area contributed by atoms with E-state index in [1.807, 2.05) is 19.1 Å². The van der Waals surface area contributed by atoms with Gasteiger partial charge < -0.3 is 5.73 Å². The van der Waals surface area contributed by atoms with Crippen molar-refractivity contribution in [2.24, 2.45) is 5.73 Å². The minimum Gasteiger partial charge on any atom is -0.315 e. The van der Waals surface area contributed by atoms with Crippen molar-refractivity contribution in [3.05, 3.63) is 30.1 Å². The zero-order valence-electron chi connectivity index (χ0n) is 7.12. The standard InChI is InChI=1S/C10H12N2/c1-3-10(2,11)8-9-4-6-12-7-5-9/h1,4-7H,8,11H2,2H3. The number of nitrogens with zero attached hydrogens (tertiary/aromatic N) is 1. The van der Waals surface area contributed by atoms with Gasteiger partial charge in [0.05, 0.1) is 5.54 Å². The first-order valence-electron chi connectivity index (χ1n) is 3.79. The van der Waals surface area contributed by atoms with Crippen molar-refractivity contribution in [2.45, 2.75) is 18.9 Å². The molecule has 0 amide bonds. The number of hydrogen-bond donors (Lipinski definition) is 1.